The van der Waals surface area contributed by atoms with E-state index in [-0.39, 0.29) is 0 Å². The second-order valence-corrected chi connectivity index (χ2v) is 3.96. The standard InChI is InChI=1S/C13H17N/c1-11-7-3-4-9-13(11)14-10-6-5-8-12(14)2/h3-4,7,9H,2,5-6,8,10H2,1H3. The second-order valence-electron chi connectivity index (χ2n) is 3.96. The largest absolute Gasteiger partial charge is 0.345 e. The van der Waals surface area contributed by atoms with Crippen molar-refractivity contribution in [2.24, 2.45) is 0 Å². The lowest BCUT2D eigenvalue weighted by molar-refractivity contribution is 0.640. The predicted molar refractivity (Wildman–Crippen MR) is 61.5 cm³/mol. The first-order valence-electron chi connectivity index (χ1n) is 5.30. The van der Waals surface area contributed by atoms with Gasteiger partial charge in [0.25, 0.3) is 0 Å². The van der Waals surface area contributed by atoms with E-state index in [1.807, 2.05) is 0 Å². The smallest absolute Gasteiger partial charge is 0.0437 e. The number of benzene rings is 1. The minimum atomic E-state index is 1.13. The lowest BCUT2D eigenvalue weighted by Gasteiger charge is -2.32. The Balaban J connectivity index is 2.29. The summed E-state index contributed by atoms with van der Waals surface area (Å²) in [6.07, 6.45) is 3.73. The van der Waals surface area contributed by atoms with Gasteiger partial charge in [-0.15, -0.1) is 0 Å². The number of nitrogens with zero attached hydrogens (tertiary/aromatic N) is 1. The Morgan fingerprint density at radius 1 is 1.21 bits per heavy atom. The summed E-state index contributed by atoms with van der Waals surface area (Å²) in [6, 6.07) is 8.54. The van der Waals surface area contributed by atoms with E-state index in [1.165, 1.54) is 29.8 Å². The molecule has 1 saturated heterocycles. The number of allylic oxidation sites excluding steroid dienone is 1. The zero-order valence-corrected chi connectivity index (χ0v) is 8.79. The molecule has 0 bridgehead atoms. The minimum absolute atomic E-state index is 1.13. The summed E-state index contributed by atoms with van der Waals surface area (Å²) < 4.78 is 0. The number of piperidine rings is 1. The SMILES string of the molecule is C=C1CCCCN1c1ccccc1C. The van der Waals surface area contributed by atoms with Crippen LogP contribution in [0, 0.1) is 6.92 Å². The monoisotopic (exact) mass is 187 g/mol. The van der Waals surface area contributed by atoms with E-state index in [0.29, 0.717) is 0 Å². The van der Waals surface area contributed by atoms with E-state index in [1.54, 1.807) is 0 Å². The Kier molecular flexibility index (Phi) is 2.58. The Hall–Kier alpha value is -1.24. The molecule has 14 heavy (non-hydrogen) atoms. The summed E-state index contributed by atoms with van der Waals surface area (Å²) in [5, 5.41) is 0. The van der Waals surface area contributed by atoms with Crippen LogP contribution >= 0.6 is 0 Å². The lowest BCUT2D eigenvalue weighted by atomic mass is 10.1. The number of rotatable bonds is 1. The van der Waals surface area contributed by atoms with E-state index < -0.39 is 0 Å². The van der Waals surface area contributed by atoms with Crippen molar-refractivity contribution >= 4 is 5.69 Å². The molecule has 1 heteroatoms. The molecule has 1 aromatic carbocycles. The van der Waals surface area contributed by atoms with Gasteiger partial charge in [0.15, 0.2) is 0 Å². The van der Waals surface area contributed by atoms with Crippen molar-refractivity contribution < 1.29 is 0 Å². The van der Waals surface area contributed by atoms with Gasteiger partial charge in [0, 0.05) is 17.9 Å². The van der Waals surface area contributed by atoms with Gasteiger partial charge in [0.05, 0.1) is 0 Å². The Labute approximate surface area is 86.1 Å². The molecule has 0 radical (unpaired) electrons. The van der Waals surface area contributed by atoms with Crippen LogP contribution < -0.4 is 4.90 Å². The zero-order valence-electron chi connectivity index (χ0n) is 8.79. The average molecular weight is 187 g/mol. The van der Waals surface area contributed by atoms with E-state index in [0.717, 1.165) is 13.0 Å². The van der Waals surface area contributed by atoms with Crippen molar-refractivity contribution in [1.29, 1.82) is 0 Å². The third-order valence-electron chi connectivity index (χ3n) is 2.89. The molecule has 1 aliphatic rings. The predicted octanol–water partition coefficient (Wildman–Crippen LogP) is 3.50. The zero-order chi connectivity index (χ0) is 9.97. The summed E-state index contributed by atoms with van der Waals surface area (Å²) in [5.74, 6) is 0. The van der Waals surface area contributed by atoms with Crippen LogP contribution in [0.4, 0.5) is 5.69 Å². The molecule has 0 unspecified atom stereocenters. The van der Waals surface area contributed by atoms with Gasteiger partial charge in [-0.3, -0.25) is 0 Å². The minimum Gasteiger partial charge on any atom is -0.345 e. The summed E-state index contributed by atoms with van der Waals surface area (Å²) in [7, 11) is 0. The molecule has 74 valence electrons. The molecule has 2 rings (SSSR count). The van der Waals surface area contributed by atoms with Crippen LogP contribution in [0.5, 0.6) is 0 Å². The molecule has 0 aliphatic carbocycles. The second kappa shape index (κ2) is 3.87. The van der Waals surface area contributed by atoms with Crippen molar-refractivity contribution in [3.8, 4) is 0 Å². The van der Waals surface area contributed by atoms with Crippen LogP contribution in [-0.2, 0) is 0 Å². The van der Waals surface area contributed by atoms with E-state index in [4.69, 9.17) is 0 Å². The average Bonchev–Trinajstić information content (AvgIpc) is 2.20. The molecule has 0 aromatic heterocycles. The van der Waals surface area contributed by atoms with Crippen molar-refractivity contribution in [3.63, 3.8) is 0 Å². The maximum atomic E-state index is 4.14. The molecule has 0 spiro atoms. The van der Waals surface area contributed by atoms with Gasteiger partial charge >= 0.3 is 0 Å². The summed E-state index contributed by atoms with van der Waals surface area (Å²) >= 11 is 0. The van der Waals surface area contributed by atoms with Crippen molar-refractivity contribution in [2.75, 3.05) is 11.4 Å². The van der Waals surface area contributed by atoms with Crippen molar-refractivity contribution in [1.82, 2.24) is 0 Å². The molecule has 1 fully saturated rings. The number of anilines is 1. The molecule has 0 atom stereocenters. The van der Waals surface area contributed by atoms with Gasteiger partial charge in [-0.2, -0.15) is 0 Å². The van der Waals surface area contributed by atoms with Crippen LogP contribution in [-0.4, -0.2) is 6.54 Å². The molecule has 0 N–H and O–H groups in total. The highest BCUT2D eigenvalue weighted by atomic mass is 15.1. The number of hydrogen-bond donors (Lipinski definition) is 0. The Bertz CT molecular complexity index is 341. The van der Waals surface area contributed by atoms with Gasteiger partial charge < -0.3 is 4.90 Å². The van der Waals surface area contributed by atoms with Gasteiger partial charge in [-0.05, 0) is 37.8 Å². The molecule has 1 aliphatic heterocycles. The molecule has 1 nitrogen and oxygen atoms in total. The fourth-order valence-corrected chi connectivity index (χ4v) is 2.05. The van der Waals surface area contributed by atoms with Crippen LogP contribution in [0.15, 0.2) is 36.5 Å². The molecule has 1 heterocycles. The van der Waals surface area contributed by atoms with E-state index >= 15 is 0 Å². The topological polar surface area (TPSA) is 3.24 Å². The first-order valence-corrected chi connectivity index (χ1v) is 5.30. The van der Waals surface area contributed by atoms with Crippen molar-refractivity contribution in [2.45, 2.75) is 26.2 Å². The highest BCUT2D eigenvalue weighted by Crippen LogP contribution is 2.28. The summed E-state index contributed by atoms with van der Waals surface area (Å²) in [4.78, 5) is 2.36. The third-order valence-corrected chi connectivity index (χ3v) is 2.89. The molecular formula is C13H17N. The van der Waals surface area contributed by atoms with Crippen LogP contribution in [0.2, 0.25) is 0 Å². The first kappa shape index (κ1) is 9.32. The number of aryl methyl sites for hydroxylation is 1. The van der Waals surface area contributed by atoms with Gasteiger partial charge in [0.1, 0.15) is 0 Å². The van der Waals surface area contributed by atoms with Crippen LogP contribution in [0.25, 0.3) is 0 Å². The maximum Gasteiger partial charge on any atom is 0.0437 e. The number of para-hydroxylation sites is 1. The normalized spacial score (nSPS) is 17.2. The molecular weight excluding hydrogens is 170 g/mol. The Morgan fingerprint density at radius 2 is 2.00 bits per heavy atom. The van der Waals surface area contributed by atoms with Gasteiger partial charge in [-0.1, -0.05) is 24.8 Å². The Morgan fingerprint density at radius 3 is 2.71 bits per heavy atom. The highest BCUT2D eigenvalue weighted by Gasteiger charge is 2.15. The van der Waals surface area contributed by atoms with Gasteiger partial charge in [-0.25, -0.2) is 0 Å². The van der Waals surface area contributed by atoms with E-state index in [9.17, 15) is 0 Å². The fourth-order valence-electron chi connectivity index (χ4n) is 2.05. The maximum absolute atomic E-state index is 4.14. The van der Waals surface area contributed by atoms with Crippen LogP contribution in [0.1, 0.15) is 24.8 Å². The lowest BCUT2D eigenvalue weighted by Crippen LogP contribution is -2.27. The quantitative estimate of drug-likeness (QED) is 0.650. The summed E-state index contributed by atoms with van der Waals surface area (Å²) in [6.45, 7) is 7.43. The highest BCUT2D eigenvalue weighted by molar-refractivity contribution is 5.57. The van der Waals surface area contributed by atoms with Gasteiger partial charge in [0.2, 0.25) is 0 Å². The molecule has 1 aromatic rings. The summed E-state index contributed by atoms with van der Waals surface area (Å²) in [5.41, 5.74) is 3.94. The fraction of sp³-hybridized carbons (Fsp3) is 0.385. The van der Waals surface area contributed by atoms with E-state index in [2.05, 4.69) is 42.7 Å². The number of hydrogen-bond acceptors (Lipinski definition) is 1. The first-order chi connectivity index (χ1) is 6.79. The van der Waals surface area contributed by atoms with Crippen molar-refractivity contribution in [3.05, 3.63) is 42.1 Å². The third kappa shape index (κ3) is 1.67. The molecule has 0 saturated carbocycles. The van der Waals surface area contributed by atoms with Crippen LogP contribution in [0.3, 0.4) is 0 Å². The molecule has 0 amide bonds.